The van der Waals surface area contributed by atoms with Crippen LogP contribution in [0.3, 0.4) is 0 Å². The fourth-order valence-electron chi connectivity index (χ4n) is 1.00. The number of hydrogen-bond donors (Lipinski definition) is 0. The first kappa shape index (κ1) is 12.0. The van der Waals surface area contributed by atoms with Gasteiger partial charge < -0.3 is 4.74 Å². The SMILES string of the molecule is N#CCc1cc(OC(F)F)cc(Cl)c1Cl. The minimum atomic E-state index is -2.93. The molecule has 1 rings (SSSR count). The molecule has 0 N–H and O–H groups in total. The van der Waals surface area contributed by atoms with Crippen molar-refractivity contribution in [3.8, 4) is 11.8 Å². The quantitative estimate of drug-likeness (QED) is 0.822. The molecule has 0 unspecified atom stereocenters. The molecule has 0 aliphatic carbocycles. The van der Waals surface area contributed by atoms with Gasteiger partial charge in [0.25, 0.3) is 0 Å². The van der Waals surface area contributed by atoms with E-state index in [-0.39, 0.29) is 22.2 Å². The van der Waals surface area contributed by atoms with Crippen LogP contribution in [0.4, 0.5) is 8.78 Å². The van der Waals surface area contributed by atoms with E-state index in [2.05, 4.69) is 4.74 Å². The highest BCUT2D eigenvalue weighted by molar-refractivity contribution is 6.42. The third kappa shape index (κ3) is 3.22. The zero-order chi connectivity index (χ0) is 11.4. The van der Waals surface area contributed by atoms with Crippen molar-refractivity contribution >= 4 is 23.2 Å². The predicted molar refractivity (Wildman–Crippen MR) is 52.4 cm³/mol. The van der Waals surface area contributed by atoms with E-state index in [0.29, 0.717) is 5.56 Å². The Kier molecular flexibility index (Phi) is 4.13. The number of hydrogen-bond acceptors (Lipinski definition) is 2. The molecule has 0 heterocycles. The third-order valence-electron chi connectivity index (χ3n) is 1.57. The van der Waals surface area contributed by atoms with Gasteiger partial charge in [-0.2, -0.15) is 14.0 Å². The molecule has 15 heavy (non-hydrogen) atoms. The van der Waals surface area contributed by atoms with Gasteiger partial charge in [0.1, 0.15) is 5.75 Å². The van der Waals surface area contributed by atoms with Gasteiger partial charge in [0, 0.05) is 6.07 Å². The largest absolute Gasteiger partial charge is 0.435 e. The summed E-state index contributed by atoms with van der Waals surface area (Å²) < 4.78 is 28.0. The number of nitriles is 1. The van der Waals surface area contributed by atoms with Crippen molar-refractivity contribution in [2.45, 2.75) is 13.0 Å². The van der Waals surface area contributed by atoms with E-state index in [4.69, 9.17) is 28.5 Å². The lowest BCUT2D eigenvalue weighted by Crippen LogP contribution is -2.02. The molecule has 0 saturated heterocycles. The number of nitrogens with zero attached hydrogens (tertiary/aromatic N) is 1. The lowest BCUT2D eigenvalue weighted by atomic mass is 10.1. The summed E-state index contributed by atoms with van der Waals surface area (Å²) in [6.45, 7) is -2.93. The second kappa shape index (κ2) is 5.15. The van der Waals surface area contributed by atoms with Crippen LogP contribution in [0.1, 0.15) is 5.56 Å². The minimum absolute atomic E-state index is 0.0149. The molecule has 0 saturated carbocycles. The Morgan fingerprint density at radius 2 is 2.07 bits per heavy atom. The lowest BCUT2D eigenvalue weighted by Gasteiger charge is -2.08. The molecule has 1 aromatic carbocycles. The molecule has 2 nitrogen and oxygen atoms in total. The number of alkyl halides is 2. The van der Waals surface area contributed by atoms with Crippen molar-refractivity contribution in [3.63, 3.8) is 0 Å². The van der Waals surface area contributed by atoms with E-state index in [1.807, 2.05) is 6.07 Å². The predicted octanol–water partition coefficient (Wildman–Crippen LogP) is 3.66. The molecule has 0 atom stereocenters. The van der Waals surface area contributed by atoms with Crippen LogP contribution in [0.5, 0.6) is 5.75 Å². The topological polar surface area (TPSA) is 33.0 Å². The molecule has 1 aromatic rings. The van der Waals surface area contributed by atoms with Gasteiger partial charge in [-0.05, 0) is 11.6 Å². The van der Waals surface area contributed by atoms with Crippen LogP contribution in [-0.2, 0) is 6.42 Å². The summed E-state index contributed by atoms with van der Waals surface area (Å²) in [5, 5.41) is 8.73. The van der Waals surface area contributed by atoms with Gasteiger partial charge in [-0.15, -0.1) is 0 Å². The normalized spacial score (nSPS) is 10.1. The maximum Gasteiger partial charge on any atom is 0.387 e. The third-order valence-corrected chi connectivity index (χ3v) is 2.41. The van der Waals surface area contributed by atoms with Crippen molar-refractivity contribution in [1.82, 2.24) is 0 Å². The molecule has 0 spiro atoms. The van der Waals surface area contributed by atoms with E-state index in [1.165, 1.54) is 12.1 Å². The Morgan fingerprint density at radius 1 is 1.40 bits per heavy atom. The van der Waals surface area contributed by atoms with E-state index >= 15 is 0 Å². The molecule has 0 radical (unpaired) electrons. The Hall–Kier alpha value is -1.05. The first-order valence-electron chi connectivity index (χ1n) is 3.84. The molecular weight excluding hydrogens is 247 g/mol. The van der Waals surface area contributed by atoms with E-state index in [0.717, 1.165) is 0 Å². The Bertz CT molecular complexity index is 404. The summed E-state index contributed by atoms with van der Waals surface area (Å²) in [4.78, 5) is 0. The summed E-state index contributed by atoms with van der Waals surface area (Å²) >= 11 is 11.4. The zero-order valence-electron chi connectivity index (χ0n) is 7.31. The molecule has 80 valence electrons. The van der Waals surface area contributed by atoms with Crippen LogP contribution < -0.4 is 4.74 Å². The zero-order valence-corrected chi connectivity index (χ0v) is 8.82. The highest BCUT2D eigenvalue weighted by Gasteiger charge is 2.11. The molecule has 0 amide bonds. The Balaban J connectivity index is 3.06. The minimum Gasteiger partial charge on any atom is -0.435 e. The molecule has 6 heteroatoms. The van der Waals surface area contributed by atoms with Crippen LogP contribution in [0.15, 0.2) is 12.1 Å². The van der Waals surface area contributed by atoms with E-state index in [1.54, 1.807) is 0 Å². The van der Waals surface area contributed by atoms with Gasteiger partial charge in [0.15, 0.2) is 0 Å². The van der Waals surface area contributed by atoms with Gasteiger partial charge in [-0.25, -0.2) is 0 Å². The standard InChI is InChI=1S/C9H5Cl2F2NO/c10-7-4-6(15-9(12)13)3-5(1-2-14)8(7)11/h3-4,9H,1H2. The number of benzene rings is 1. The van der Waals surface area contributed by atoms with Gasteiger partial charge in [-0.1, -0.05) is 23.2 Å². The monoisotopic (exact) mass is 251 g/mol. The fourth-order valence-corrected chi connectivity index (χ4v) is 1.41. The second-order valence-electron chi connectivity index (χ2n) is 2.59. The Morgan fingerprint density at radius 3 is 2.60 bits per heavy atom. The summed E-state index contributed by atoms with van der Waals surface area (Å²) in [7, 11) is 0. The van der Waals surface area contributed by atoms with Gasteiger partial charge in [-0.3, -0.25) is 0 Å². The molecule has 0 aromatic heterocycles. The molecule has 0 aliphatic rings. The molecular formula is C9H5Cl2F2NO. The number of halogens is 4. The van der Waals surface area contributed by atoms with Crippen molar-refractivity contribution in [1.29, 1.82) is 5.26 Å². The van der Waals surface area contributed by atoms with Crippen LogP contribution >= 0.6 is 23.2 Å². The number of rotatable bonds is 3. The molecule has 0 aliphatic heterocycles. The van der Waals surface area contributed by atoms with E-state index < -0.39 is 6.61 Å². The molecule has 0 fully saturated rings. The van der Waals surface area contributed by atoms with Gasteiger partial charge in [0.05, 0.1) is 22.5 Å². The van der Waals surface area contributed by atoms with Crippen LogP contribution in [0.2, 0.25) is 10.0 Å². The second-order valence-corrected chi connectivity index (χ2v) is 3.38. The first-order valence-corrected chi connectivity index (χ1v) is 4.60. The Labute approximate surface area is 95.0 Å². The van der Waals surface area contributed by atoms with Gasteiger partial charge in [0.2, 0.25) is 0 Å². The smallest absolute Gasteiger partial charge is 0.387 e. The van der Waals surface area contributed by atoms with Crippen molar-refractivity contribution in [3.05, 3.63) is 27.7 Å². The van der Waals surface area contributed by atoms with Gasteiger partial charge >= 0.3 is 6.61 Å². The van der Waals surface area contributed by atoms with Crippen molar-refractivity contribution in [2.75, 3.05) is 0 Å². The van der Waals surface area contributed by atoms with Crippen molar-refractivity contribution < 1.29 is 13.5 Å². The van der Waals surface area contributed by atoms with Crippen LogP contribution in [-0.4, -0.2) is 6.61 Å². The first-order chi connectivity index (χ1) is 7.04. The average molecular weight is 252 g/mol. The highest BCUT2D eigenvalue weighted by atomic mass is 35.5. The van der Waals surface area contributed by atoms with E-state index in [9.17, 15) is 8.78 Å². The molecule has 0 bridgehead atoms. The maximum atomic E-state index is 11.9. The summed E-state index contributed by atoms with van der Waals surface area (Å²) in [6.07, 6.45) is -0.0149. The van der Waals surface area contributed by atoms with Crippen LogP contribution in [0.25, 0.3) is 0 Å². The van der Waals surface area contributed by atoms with Crippen LogP contribution in [0, 0.1) is 11.3 Å². The summed E-state index contributed by atoms with van der Waals surface area (Å²) in [6, 6.07) is 4.29. The summed E-state index contributed by atoms with van der Waals surface area (Å²) in [5.41, 5.74) is 0.363. The maximum absolute atomic E-state index is 11.9. The fraction of sp³-hybridized carbons (Fsp3) is 0.222. The highest BCUT2D eigenvalue weighted by Crippen LogP contribution is 2.31. The average Bonchev–Trinajstić information content (AvgIpc) is 2.12. The van der Waals surface area contributed by atoms with Crippen molar-refractivity contribution in [2.24, 2.45) is 0 Å². The summed E-state index contributed by atoms with van der Waals surface area (Å²) in [5.74, 6) is -0.107. The lowest BCUT2D eigenvalue weighted by molar-refractivity contribution is -0.0498. The number of ether oxygens (including phenoxy) is 1.